The fraction of sp³-hybridized carbons (Fsp3) is 0.0833. The van der Waals surface area contributed by atoms with Crippen LogP contribution in [0.5, 0.6) is 0 Å². The molecule has 0 unspecified atom stereocenters. The highest BCUT2D eigenvalue weighted by Gasteiger charge is 2.21. The molecular weight excluding hydrogens is 296 g/mol. The van der Waals surface area contributed by atoms with Crippen molar-refractivity contribution < 1.29 is 17.4 Å². The average molecular weight is 306 g/mol. The summed E-state index contributed by atoms with van der Waals surface area (Å²) >= 11 is 0. The number of pyridine rings is 1. The lowest BCUT2D eigenvalue weighted by atomic mass is 10.2. The summed E-state index contributed by atoms with van der Waals surface area (Å²) in [6.07, 6.45) is 3.21. The van der Waals surface area contributed by atoms with Crippen molar-refractivity contribution in [1.82, 2.24) is 15.1 Å². The van der Waals surface area contributed by atoms with Crippen molar-refractivity contribution in [2.75, 3.05) is 0 Å². The Hall–Kier alpha value is -2.52. The number of primary sulfonamides is 1. The van der Waals surface area contributed by atoms with Crippen LogP contribution < -0.4 is 5.14 Å². The quantitative estimate of drug-likeness (QED) is 0.774. The molecule has 0 aromatic carbocycles. The molecule has 0 aliphatic heterocycles. The highest BCUT2D eigenvalue weighted by molar-refractivity contribution is 7.89. The largest absolute Gasteiger partial charge is 0.448 e. The molecule has 9 heteroatoms. The average Bonchev–Trinajstić information content (AvgIpc) is 3.05. The summed E-state index contributed by atoms with van der Waals surface area (Å²) in [5.74, 6) is 0.840. The van der Waals surface area contributed by atoms with Crippen LogP contribution in [0.15, 0.2) is 44.6 Å². The number of aryl methyl sites for hydroxylation is 1. The Morgan fingerprint density at radius 2 is 1.95 bits per heavy atom. The molecular formula is C12H10N4O4S. The van der Waals surface area contributed by atoms with Crippen LogP contribution >= 0.6 is 0 Å². The first kappa shape index (κ1) is 13.5. The van der Waals surface area contributed by atoms with Crippen LogP contribution in [0.1, 0.15) is 5.76 Å². The number of hydrogen-bond donors (Lipinski definition) is 1. The summed E-state index contributed by atoms with van der Waals surface area (Å²) in [5, 5.41) is 8.51. The maximum atomic E-state index is 11.3. The monoisotopic (exact) mass is 306 g/mol. The number of nitrogens with zero attached hydrogens (tertiary/aromatic N) is 3. The van der Waals surface area contributed by atoms with E-state index < -0.39 is 10.0 Å². The van der Waals surface area contributed by atoms with E-state index in [0.29, 0.717) is 17.1 Å². The molecule has 0 radical (unpaired) electrons. The molecule has 3 heterocycles. The zero-order valence-corrected chi connectivity index (χ0v) is 11.7. The van der Waals surface area contributed by atoms with Crippen LogP contribution in [0.3, 0.4) is 0 Å². The zero-order chi connectivity index (χ0) is 15.0. The minimum atomic E-state index is -3.92. The van der Waals surface area contributed by atoms with Crippen molar-refractivity contribution in [3.8, 4) is 22.8 Å². The Balaban J connectivity index is 2.03. The van der Waals surface area contributed by atoms with E-state index in [4.69, 9.17) is 14.1 Å². The molecule has 0 saturated carbocycles. The molecule has 3 aromatic rings. The molecule has 0 aliphatic carbocycles. The van der Waals surface area contributed by atoms with E-state index in [1.807, 2.05) is 0 Å². The van der Waals surface area contributed by atoms with E-state index in [1.165, 1.54) is 6.07 Å². The van der Waals surface area contributed by atoms with Gasteiger partial charge in [0.15, 0.2) is 0 Å². The van der Waals surface area contributed by atoms with E-state index >= 15 is 0 Å². The molecule has 2 N–H and O–H groups in total. The molecule has 0 aliphatic rings. The summed E-state index contributed by atoms with van der Waals surface area (Å²) in [6.45, 7) is 1.58. The van der Waals surface area contributed by atoms with Gasteiger partial charge in [0, 0.05) is 24.0 Å². The first-order valence-electron chi connectivity index (χ1n) is 5.83. The molecule has 108 valence electrons. The molecule has 0 bridgehead atoms. The SMILES string of the molecule is Cc1oc(S(N)(=O)=O)cc1-c1nc(-c2ccncc2)no1. The molecule has 0 atom stereocenters. The van der Waals surface area contributed by atoms with Gasteiger partial charge < -0.3 is 8.94 Å². The number of rotatable bonds is 3. The van der Waals surface area contributed by atoms with Gasteiger partial charge in [0.1, 0.15) is 5.76 Å². The van der Waals surface area contributed by atoms with Gasteiger partial charge in [-0.25, -0.2) is 13.6 Å². The van der Waals surface area contributed by atoms with E-state index in [2.05, 4.69) is 15.1 Å². The van der Waals surface area contributed by atoms with Gasteiger partial charge >= 0.3 is 0 Å². The molecule has 0 fully saturated rings. The fourth-order valence-corrected chi connectivity index (χ4v) is 2.28. The van der Waals surface area contributed by atoms with Gasteiger partial charge in [0.2, 0.25) is 10.9 Å². The summed E-state index contributed by atoms with van der Waals surface area (Å²) in [4.78, 5) is 8.10. The second-order valence-corrected chi connectivity index (χ2v) is 5.73. The van der Waals surface area contributed by atoms with E-state index in [0.717, 1.165) is 5.56 Å². The Labute approximate surface area is 119 Å². The van der Waals surface area contributed by atoms with Gasteiger partial charge in [0.25, 0.3) is 15.9 Å². The van der Waals surface area contributed by atoms with Crippen molar-refractivity contribution in [1.29, 1.82) is 0 Å². The van der Waals surface area contributed by atoms with E-state index in [-0.39, 0.29) is 11.0 Å². The number of nitrogens with two attached hydrogens (primary N) is 1. The van der Waals surface area contributed by atoms with Crippen LogP contribution in [0.4, 0.5) is 0 Å². The van der Waals surface area contributed by atoms with Crippen LogP contribution in [-0.4, -0.2) is 23.5 Å². The normalized spacial score (nSPS) is 11.7. The molecule has 0 spiro atoms. The van der Waals surface area contributed by atoms with Crippen LogP contribution in [0.25, 0.3) is 22.8 Å². The minimum Gasteiger partial charge on any atom is -0.448 e. The zero-order valence-electron chi connectivity index (χ0n) is 10.8. The Bertz CT molecular complexity index is 883. The highest BCUT2D eigenvalue weighted by atomic mass is 32.2. The third-order valence-corrected chi connectivity index (χ3v) is 3.53. The maximum Gasteiger partial charge on any atom is 0.271 e. The molecule has 0 amide bonds. The van der Waals surface area contributed by atoms with Gasteiger partial charge in [-0.3, -0.25) is 4.98 Å². The Morgan fingerprint density at radius 1 is 1.24 bits per heavy atom. The lowest BCUT2D eigenvalue weighted by Crippen LogP contribution is -2.10. The molecule has 21 heavy (non-hydrogen) atoms. The standard InChI is InChI=1S/C12H10N4O4S/c1-7-9(6-10(19-7)21(13,17)18)12-15-11(16-20-12)8-2-4-14-5-3-8/h2-6H,1H3,(H2,13,17,18). The molecule has 8 nitrogen and oxygen atoms in total. The molecule has 0 saturated heterocycles. The van der Waals surface area contributed by atoms with E-state index in [1.54, 1.807) is 31.5 Å². The number of sulfonamides is 1. The predicted molar refractivity (Wildman–Crippen MR) is 71.3 cm³/mol. The first-order chi connectivity index (χ1) is 9.95. The summed E-state index contributed by atoms with van der Waals surface area (Å²) < 4.78 is 32.8. The van der Waals surface area contributed by atoms with Gasteiger partial charge in [-0.1, -0.05) is 5.16 Å². The Kier molecular flexibility index (Phi) is 3.07. The van der Waals surface area contributed by atoms with Crippen molar-refractivity contribution in [3.05, 3.63) is 36.4 Å². The van der Waals surface area contributed by atoms with Crippen molar-refractivity contribution in [2.45, 2.75) is 12.0 Å². The third kappa shape index (κ3) is 2.56. The minimum absolute atomic E-state index is 0.151. The lowest BCUT2D eigenvalue weighted by molar-refractivity contribution is 0.421. The summed E-state index contributed by atoms with van der Waals surface area (Å²) in [7, 11) is -3.92. The summed E-state index contributed by atoms with van der Waals surface area (Å²) in [5.41, 5.74) is 1.11. The van der Waals surface area contributed by atoms with Gasteiger partial charge in [-0.2, -0.15) is 4.98 Å². The second kappa shape index (κ2) is 4.79. The van der Waals surface area contributed by atoms with Crippen molar-refractivity contribution in [3.63, 3.8) is 0 Å². The number of furan rings is 1. The Morgan fingerprint density at radius 3 is 2.57 bits per heavy atom. The topological polar surface area (TPSA) is 125 Å². The lowest BCUT2D eigenvalue weighted by Gasteiger charge is -1.90. The van der Waals surface area contributed by atoms with Gasteiger partial charge in [0.05, 0.1) is 5.56 Å². The maximum absolute atomic E-state index is 11.3. The predicted octanol–water partition coefficient (Wildman–Crippen LogP) is 1.35. The van der Waals surface area contributed by atoms with Crippen molar-refractivity contribution in [2.24, 2.45) is 5.14 Å². The van der Waals surface area contributed by atoms with Gasteiger partial charge in [-0.05, 0) is 19.1 Å². The first-order valence-corrected chi connectivity index (χ1v) is 7.37. The summed E-state index contributed by atoms with van der Waals surface area (Å²) in [6, 6.07) is 4.72. The number of aromatic nitrogens is 3. The second-order valence-electron chi connectivity index (χ2n) is 4.24. The smallest absolute Gasteiger partial charge is 0.271 e. The van der Waals surface area contributed by atoms with Crippen LogP contribution in [0, 0.1) is 6.92 Å². The van der Waals surface area contributed by atoms with E-state index in [9.17, 15) is 8.42 Å². The highest BCUT2D eigenvalue weighted by Crippen LogP contribution is 2.28. The number of hydrogen-bond acceptors (Lipinski definition) is 7. The third-order valence-electron chi connectivity index (χ3n) is 2.77. The van der Waals surface area contributed by atoms with Crippen LogP contribution in [-0.2, 0) is 10.0 Å². The fourth-order valence-electron chi connectivity index (χ4n) is 1.76. The van der Waals surface area contributed by atoms with Crippen LogP contribution in [0.2, 0.25) is 0 Å². The van der Waals surface area contributed by atoms with Crippen molar-refractivity contribution >= 4 is 10.0 Å². The molecule has 3 aromatic heterocycles. The molecule has 3 rings (SSSR count). The van der Waals surface area contributed by atoms with Gasteiger partial charge in [-0.15, -0.1) is 0 Å².